The fraction of sp³-hybridized carbons (Fsp3) is 0.533. The van der Waals surface area contributed by atoms with Gasteiger partial charge in [-0.2, -0.15) is 0 Å². The van der Waals surface area contributed by atoms with Crippen LogP contribution < -0.4 is 27.4 Å². The van der Waals surface area contributed by atoms with Crippen molar-refractivity contribution in [3.63, 3.8) is 0 Å². The molecule has 2 aromatic heterocycles. The SMILES string of the molecule is NCCNCCNCCNC(=O)c1csc(-c2csc(CCN)n2)n1. The van der Waals surface area contributed by atoms with E-state index in [4.69, 9.17) is 11.5 Å². The average molecular weight is 384 g/mol. The van der Waals surface area contributed by atoms with E-state index in [1.807, 2.05) is 5.38 Å². The molecule has 1 amide bonds. The quantitative estimate of drug-likeness (QED) is 0.316. The molecule has 0 atom stereocenters. The number of carbonyl (C=O) groups excluding carboxylic acids is 1. The first kappa shape index (κ1) is 19.9. The van der Waals surface area contributed by atoms with Gasteiger partial charge in [0.05, 0.1) is 5.01 Å². The summed E-state index contributed by atoms with van der Waals surface area (Å²) in [5.41, 5.74) is 12.2. The Morgan fingerprint density at radius 2 is 1.72 bits per heavy atom. The highest BCUT2D eigenvalue weighted by Gasteiger charge is 2.13. The maximum atomic E-state index is 12.1. The molecule has 7 N–H and O–H groups in total. The van der Waals surface area contributed by atoms with Gasteiger partial charge in [0.15, 0.2) is 0 Å². The molecule has 0 aliphatic carbocycles. The van der Waals surface area contributed by atoms with Gasteiger partial charge in [0.1, 0.15) is 16.4 Å². The molecular formula is C15H25N7OS2. The Kier molecular flexibility index (Phi) is 8.94. The van der Waals surface area contributed by atoms with E-state index in [1.165, 1.54) is 11.3 Å². The molecule has 0 aromatic carbocycles. The maximum Gasteiger partial charge on any atom is 0.270 e. The van der Waals surface area contributed by atoms with E-state index in [-0.39, 0.29) is 5.91 Å². The second-order valence-electron chi connectivity index (χ2n) is 5.25. The summed E-state index contributed by atoms with van der Waals surface area (Å²) in [4.78, 5) is 21.0. The van der Waals surface area contributed by atoms with Crippen molar-refractivity contribution in [2.45, 2.75) is 6.42 Å². The number of hydrogen-bond donors (Lipinski definition) is 5. The molecule has 8 nitrogen and oxygen atoms in total. The minimum atomic E-state index is -0.164. The van der Waals surface area contributed by atoms with Crippen molar-refractivity contribution < 1.29 is 4.79 Å². The van der Waals surface area contributed by atoms with Gasteiger partial charge in [-0.1, -0.05) is 0 Å². The van der Waals surface area contributed by atoms with E-state index in [2.05, 4.69) is 25.9 Å². The first-order valence-electron chi connectivity index (χ1n) is 8.24. The van der Waals surface area contributed by atoms with Crippen LogP contribution in [0.1, 0.15) is 15.5 Å². The summed E-state index contributed by atoms with van der Waals surface area (Å²) in [6.45, 7) is 5.00. The Labute approximate surface area is 155 Å². The zero-order chi connectivity index (χ0) is 17.9. The van der Waals surface area contributed by atoms with E-state index in [0.717, 1.165) is 41.8 Å². The number of nitrogens with two attached hydrogens (primary N) is 2. The predicted molar refractivity (Wildman–Crippen MR) is 103 cm³/mol. The highest BCUT2D eigenvalue weighted by Crippen LogP contribution is 2.25. The standard InChI is InChI=1S/C15H25N7OS2/c16-2-1-13-21-12(10-24-13)15-22-11(9-25-15)14(23)20-8-7-19-6-5-18-4-3-17/h9-10,18-19H,1-8,16-17H2,(H,20,23). The normalized spacial score (nSPS) is 11.0. The molecule has 25 heavy (non-hydrogen) atoms. The van der Waals surface area contributed by atoms with Gasteiger partial charge >= 0.3 is 0 Å². The third-order valence-corrected chi connectivity index (χ3v) is 5.03. The second-order valence-corrected chi connectivity index (χ2v) is 7.05. The van der Waals surface area contributed by atoms with Crippen LogP contribution in [0.5, 0.6) is 0 Å². The van der Waals surface area contributed by atoms with Gasteiger partial charge < -0.3 is 27.4 Å². The van der Waals surface area contributed by atoms with Crippen molar-refractivity contribution in [2.24, 2.45) is 11.5 Å². The van der Waals surface area contributed by atoms with E-state index in [1.54, 1.807) is 16.7 Å². The minimum absolute atomic E-state index is 0.164. The zero-order valence-corrected chi connectivity index (χ0v) is 15.7. The Morgan fingerprint density at radius 1 is 0.960 bits per heavy atom. The summed E-state index contributed by atoms with van der Waals surface area (Å²) in [6.07, 6.45) is 0.762. The lowest BCUT2D eigenvalue weighted by atomic mass is 10.4. The van der Waals surface area contributed by atoms with Crippen molar-refractivity contribution in [2.75, 3.05) is 45.8 Å². The van der Waals surface area contributed by atoms with Crippen molar-refractivity contribution >= 4 is 28.6 Å². The van der Waals surface area contributed by atoms with Crippen LogP contribution in [-0.2, 0) is 6.42 Å². The number of thiazole rings is 2. The predicted octanol–water partition coefficient (Wildman–Crippen LogP) is -0.364. The molecule has 0 aliphatic rings. The smallest absolute Gasteiger partial charge is 0.270 e. The summed E-state index contributed by atoms with van der Waals surface area (Å²) in [7, 11) is 0. The lowest BCUT2D eigenvalue weighted by molar-refractivity contribution is 0.0950. The Balaban J connectivity index is 1.71. The molecule has 0 saturated carbocycles. The van der Waals surface area contributed by atoms with Crippen molar-refractivity contribution in [1.82, 2.24) is 25.9 Å². The van der Waals surface area contributed by atoms with Crippen molar-refractivity contribution in [3.8, 4) is 10.7 Å². The summed E-state index contributed by atoms with van der Waals surface area (Å²) in [6, 6.07) is 0. The summed E-state index contributed by atoms with van der Waals surface area (Å²) < 4.78 is 0. The highest BCUT2D eigenvalue weighted by atomic mass is 32.1. The number of carbonyl (C=O) groups is 1. The Bertz CT molecular complexity index is 643. The van der Waals surface area contributed by atoms with Crippen LogP contribution in [0.4, 0.5) is 0 Å². The summed E-state index contributed by atoms with van der Waals surface area (Å²) in [5.74, 6) is -0.164. The van der Waals surface area contributed by atoms with Gasteiger partial charge in [-0.25, -0.2) is 9.97 Å². The van der Waals surface area contributed by atoms with E-state index < -0.39 is 0 Å². The zero-order valence-electron chi connectivity index (χ0n) is 14.1. The van der Waals surface area contributed by atoms with Crippen LogP contribution in [0.3, 0.4) is 0 Å². The molecule has 0 fully saturated rings. The lowest BCUT2D eigenvalue weighted by Gasteiger charge is -2.06. The first-order valence-corrected chi connectivity index (χ1v) is 10.0. The summed E-state index contributed by atoms with van der Waals surface area (Å²) >= 11 is 2.99. The molecule has 0 spiro atoms. The van der Waals surface area contributed by atoms with E-state index >= 15 is 0 Å². The third-order valence-electron chi connectivity index (χ3n) is 3.25. The van der Waals surface area contributed by atoms with E-state index in [0.29, 0.717) is 31.9 Å². The van der Waals surface area contributed by atoms with E-state index in [9.17, 15) is 4.79 Å². The van der Waals surface area contributed by atoms with Crippen LogP contribution in [0.15, 0.2) is 10.8 Å². The van der Waals surface area contributed by atoms with Crippen LogP contribution in [0.2, 0.25) is 0 Å². The topological polar surface area (TPSA) is 131 Å². The largest absolute Gasteiger partial charge is 0.349 e. The molecule has 2 heterocycles. The van der Waals surface area contributed by atoms with Crippen LogP contribution in [-0.4, -0.2) is 61.7 Å². The number of nitrogens with one attached hydrogen (secondary N) is 3. The van der Waals surface area contributed by atoms with Gasteiger partial charge in [0, 0.05) is 56.4 Å². The molecule has 10 heteroatoms. The fourth-order valence-electron chi connectivity index (χ4n) is 2.03. The first-order chi connectivity index (χ1) is 12.2. The van der Waals surface area contributed by atoms with Crippen molar-refractivity contribution in [1.29, 1.82) is 0 Å². The number of hydrogen-bond acceptors (Lipinski definition) is 9. The van der Waals surface area contributed by atoms with Gasteiger partial charge in [-0.05, 0) is 6.54 Å². The van der Waals surface area contributed by atoms with Gasteiger partial charge in [-0.15, -0.1) is 22.7 Å². The number of rotatable bonds is 12. The molecule has 2 rings (SSSR count). The minimum Gasteiger partial charge on any atom is -0.349 e. The van der Waals surface area contributed by atoms with Crippen molar-refractivity contribution in [3.05, 3.63) is 21.5 Å². The third kappa shape index (κ3) is 6.77. The summed E-state index contributed by atoms with van der Waals surface area (Å²) in [5, 5.41) is 14.8. The number of aromatic nitrogens is 2. The lowest BCUT2D eigenvalue weighted by Crippen LogP contribution is -2.36. The molecule has 138 valence electrons. The number of nitrogens with zero attached hydrogens (tertiary/aromatic N) is 2. The Morgan fingerprint density at radius 3 is 2.48 bits per heavy atom. The Hall–Kier alpha value is -1.43. The molecular weight excluding hydrogens is 358 g/mol. The maximum absolute atomic E-state index is 12.1. The molecule has 0 radical (unpaired) electrons. The van der Waals surface area contributed by atoms with Crippen LogP contribution in [0, 0.1) is 0 Å². The second kappa shape index (κ2) is 11.2. The highest BCUT2D eigenvalue weighted by molar-refractivity contribution is 7.14. The molecule has 0 saturated heterocycles. The average Bonchev–Trinajstić information content (AvgIpc) is 3.26. The van der Waals surface area contributed by atoms with Gasteiger partial charge in [-0.3, -0.25) is 4.79 Å². The van der Waals surface area contributed by atoms with Gasteiger partial charge in [0.2, 0.25) is 0 Å². The fourth-order valence-corrected chi connectivity index (χ4v) is 3.66. The van der Waals surface area contributed by atoms with Crippen LogP contribution >= 0.6 is 22.7 Å². The van der Waals surface area contributed by atoms with Gasteiger partial charge in [0.25, 0.3) is 5.91 Å². The molecule has 0 bridgehead atoms. The monoisotopic (exact) mass is 383 g/mol. The molecule has 0 unspecified atom stereocenters. The molecule has 2 aromatic rings. The van der Waals surface area contributed by atoms with Crippen LogP contribution in [0.25, 0.3) is 10.7 Å². The number of amides is 1. The molecule has 0 aliphatic heterocycles.